The molecule has 1 aromatic heterocycles. The zero-order chi connectivity index (χ0) is 14.7. The molecule has 0 saturated carbocycles. The molecule has 0 atom stereocenters. The SMILES string of the molecule is CC(=O)Nc1ccc(C(=O)Nc2ccc(C)cc2C)o1. The lowest BCUT2D eigenvalue weighted by molar-refractivity contribution is -0.114. The summed E-state index contributed by atoms with van der Waals surface area (Å²) in [6.07, 6.45) is 0. The van der Waals surface area contributed by atoms with Gasteiger partial charge in [-0.15, -0.1) is 0 Å². The van der Waals surface area contributed by atoms with Crippen molar-refractivity contribution in [1.29, 1.82) is 0 Å². The van der Waals surface area contributed by atoms with Gasteiger partial charge >= 0.3 is 0 Å². The van der Waals surface area contributed by atoms with E-state index < -0.39 is 0 Å². The van der Waals surface area contributed by atoms with Crippen LogP contribution in [0.3, 0.4) is 0 Å². The molecule has 0 aliphatic heterocycles. The molecule has 0 unspecified atom stereocenters. The van der Waals surface area contributed by atoms with Crippen LogP contribution in [0.15, 0.2) is 34.7 Å². The Hall–Kier alpha value is -2.56. The van der Waals surface area contributed by atoms with Crippen molar-refractivity contribution in [2.75, 3.05) is 10.6 Å². The minimum Gasteiger partial charge on any atom is -0.435 e. The molecule has 0 bridgehead atoms. The van der Waals surface area contributed by atoms with Crippen LogP contribution >= 0.6 is 0 Å². The third-order valence-electron chi connectivity index (χ3n) is 2.76. The Morgan fingerprint density at radius 1 is 1.05 bits per heavy atom. The van der Waals surface area contributed by atoms with Crippen molar-refractivity contribution in [2.24, 2.45) is 0 Å². The highest BCUT2D eigenvalue weighted by atomic mass is 16.4. The van der Waals surface area contributed by atoms with E-state index in [1.165, 1.54) is 19.1 Å². The van der Waals surface area contributed by atoms with Gasteiger partial charge in [-0.3, -0.25) is 14.9 Å². The van der Waals surface area contributed by atoms with Gasteiger partial charge in [-0.25, -0.2) is 0 Å². The highest BCUT2D eigenvalue weighted by molar-refractivity contribution is 6.03. The van der Waals surface area contributed by atoms with E-state index in [0.29, 0.717) is 0 Å². The van der Waals surface area contributed by atoms with Crippen LogP contribution in [0.1, 0.15) is 28.6 Å². The van der Waals surface area contributed by atoms with E-state index in [-0.39, 0.29) is 23.5 Å². The Morgan fingerprint density at radius 3 is 2.45 bits per heavy atom. The second kappa shape index (κ2) is 5.61. The molecule has 2 aromatic rings. The number of nitrogens with one attached hydrogen (secondary N) is 2. The zero-order valence-electron chi connectivity index (χ0n) is 11.6. The molecule has 0 radical (unpaired) electrons. The molecule has 104 valence electrons. The monoisotopic (exact) mass is 272 g/mol. The van der Waals surface area contributed by atoms with Gasteiger partial charge in [0.2, 0.25) is 5.91 Å². The average Bonchev–Trinajstić information content (AvgIpc) is 2.80. The van der Waals surface area contributed by atoms with Crippen LogP contribution < -0.4 is 10.6 Å². The largest absolute Gasteiger partial charge is 0.435 e. The summed E-state index contributed by atoms with van der Waals surface area (Å²) in [4.78, 5) is 22.9. The maximum absolute atomic E-state index is 12.0. The lowest BCUT2D eigenvalue weighted by atomic mass is 10.1. The number of carbonyl (C=O) groups excluding carboxylic acids is 2. The van der Waals surface area contributed by atoms with Crippen LogP contribution in [0, 0.1) is 13.8 Å². The van der Waals surface area contributed by atoms with Gasteiger partial charge < -0.3 is 9.73 Å². The van der Waals surface area contributed by atoms with E-state index in [1.54, 1.807) is 0 Å². The second-order valence-corrected chi connectivity index (χ2v) is 4.62. The van der Waals surface area contributed by atoms with Crippen LogP contribution in [-0.2, 0) is 4.79 Å². The summed E-state index contributed by atoms with van der Waals surface area (Å²) in [6.45, 7) is 5.29. The predicted molar refractivity (Wildman–Crippen MR) is 76.9 cm³/mol. The first-order valence-corrected chi connectivity index (χ1v) is 6.22. The van der Waals surface area contributed by atoms with Crippen molar-refractivity contribution >= 4 is 23.4 Å². The summed E-state index contributed by atoms with van der Waals surface area (Å²) >= 11 is 0. The Labute approximate surface area is 117 Å². The van der Waals surface area contributed by atoms with Crippen molar-refractivity contribution in [3.8, 4) is 0 Å². The number of amides is 2. The van der Waals surface area contributed by atoms with Crippen LogP contribution in [0.2, 0.25) is 0 Å². The van der Waals surface area contributed by atoms with Gasteiger partial charge in [0.25, 0.3) is 5.91 Å². The normalized spacial score (nSPS) is 10.2. The summed E-state index contributed by atoms with van der Waals surface area (Å²) in [5.41, 5.74) is 2.84. The second-order valence-electron chi connectivity index (χ2n) is 4.62. The minimum absolute atomic E-state index is 0.147. The number of furan rings is 1. The molecule has 5 heteroatoms. The molecular formula is C15H16N2O3. The summed E-state index contributed by atoms with van der Waals surface area (Å²) in [5.74, 6) is -0.203. The molecule has 0 aliphatic rings. The maximum Gasteiger partial charge on any atom is 0.291 e. The highest BCUT2D eigenvalue weighted by Gasteiger charge is 2.13. The number of hydrogen-bond acceptors (Lipinski definition) is 3. The third kappa shape index (κ3) is 3.26. The van der Waals surface area contributed by atoms with Gasteiger partial charge in [0, 0.05) is 18.7 Å². The fourth-order valence-electron chi connectivity index (χ4n) is 1.84. The quantitative estimate of drug-likeness (QED) is 0.901. The molecular weight excluding hydrogens is 256 g/mol. The standard InChI is InChI=1S/C15H16N2O3/c1-9-4-5-12(10(2)8-9)17-15(19)13-6-7-14(20-13)16-11(3)18/h4-8H,1-3H3,(H,16,18)(H,17,19). The smallest absolute Gasteiger partial charge is 0.291 e. The van der Waals surface area contributed by atoms with Gasteiger partial charge in [0.1, 0.15) is 0 Å². The Kier molecular flexibility index (Phi) is 3.89. The van der Waals surface area contributed by atoms with E-state index in [9.17, 15) is 9.59 Å². The fraction of sp³-hybridized carbons (Fsp3) is 0.200. The first-order valence-electron chi connectivity index (χ1n) is 6.22. The van der Waals surface area contributed by atoms with E-state index >= 15 is 0 Å². The average molecular weight is 272 g/mol. The van der Waals surface area contributed by atoms with Crippen molar-refractivity contribution in [1.82, 2.24) is 0 Å². The lowest BCUT2D eigenvalue weighted by Gasteiger charge is -2.07. The van der Waals surface area contributed by atoms with Gasteiger partial charge in [0.05, 0.1) is 0 Å². The van der Waals surface area contributed by atoms with Gasteiger partial charge in [-0.1, -0.05) is 17.7 Å². The van der Waals surface area contributed by atoms with Crippen molar-refractivity contribution in [3.05, 3.63) is 47.2 Å². The highest BCUT2D eigenvalue weighted by Crippen LogP contribution is 2.19. The van der Waals surface area contributed by atoms with E-state index in [0.717, 1.165) is 16.8 Å². The molecule has 0 fully saturated rings. The topological polar surface area (TPSA) is 71.3 Å². The van der Waals surface area contributed by atoms with Crippen LogP contribution in [0.4, 0.5) is 11.6 Å². The first-order chi connectivity index (χ1) is 9.45. The number of carbonyl (C=O) groups is 2. The first kappa shape index (κ1) is 13.9. The van der Waals surface area contributed by atoms with E-state index in [1.807, 2.05) is 32.0 Å². The molecule has 0 aliphatic carbocycles. The predicted octanol–water partition coefficient (Wildman–Crippen LogP) is 3.11. The van der Waals surface area contributed by atoms with Gasteiger partial charge in [-0.2, -0.15) is 0 Å². The van der Waals surface area contributed by atoms with Crippen molar-refractivity contribution in [2.45, 2.75) is 20.8 Å². The number of aryl methyl sites for hydroxylation is 2. The summed E-state index contributed by atoms with van der Waals surface area (Å²) < 4.78 is 5.25. The molecule has 0 spiro atoms. The number of hydrogen-bond donors (Lipinski definition) is 2. The Bertz CT molecular complexity index is 659. The van der Waals surface area contributed by atoms with Crippen LogP contribution in [-0.4, -0.2) is 11.8 Å². The fourth-order valence-corrected chi connectivity index (χ4v) is 1.84. The molecule has 2 N–H and O–H groups in total. The lowest BCUT2D eigenvalue weighted by Crippen LogP contribution is -2.12. The summed E-state index contributed by atoms with van der Waals surface area (Å²) in [7, 11) is 0. The summed E-state index contributed by atoms with van der Waals surface area (Å²) in [5, 5.41) is 5.25. The van der Waals surface area contributed by atoms with E-state index in [2.05, 4.69) is 10.6 Å². The van der Waals surface area contributed by atoms with Crippen molar-refractivity contribution in [3.63, 3.8) is 0 Å². The molecule has 1 aromatic carbocycles. The number of benzene rings is 1. The minimum atomic E-state index is -0.353. The summed E-state index contributed by atoms with van der Waals surface area (Å²) in [6, 6.07) is 8.82. The number of anilines is 2. The van der Waals surface area contributed by atoms with Crippen molar-refractivity contribution < 1.29 is 14.0 Å². The van der Waals surface area contributed by atoms with E-state index in [4.69, 9.17) is 4.42 Å². The molecule has 1 heterocycles. The molecule has 2 amide bonds. The zero-order valence-corrected chi connectivity index (χ0v) is 11.6. The molecule has 20 heavy (non-hydrogen) atoms. The molecule has 0 saturated heterocycles. The van der Waals surface area contributed by atoms with Gasteiger partial charge in [-0.05, 0) is 31.5 Å². The third-order valence-corrected chi connectivity index (χ3v) is 2.76. The van der Waals surface area contributed by atoms with Gasteiger partial charge in [0.15, 0.2) is 11.6 Å². The molecule has 2 rings (SSSR count). The number of rotatable bonds is 3. The van der Waals surface area contributed by atoms with Crippen LogP contribution in [0.5, 0.6) is 0 Å². The Morgan fingerprint density at radius 2 is 1.80 bits per heavy atom. The Balaban J connectivity index is 2.11. The van der Waals surface area contributed by atoms with Crippen LogP contribution in [0.25, 0.3) is 0 Å². The maximum atomic E-state index is 12.0. The molecule has 5 nitrogen and oxygen atoms in total.